The molecule has 1 saturated heterocycles. The van der Waals surface area contributed by atoms with E-state index < -0.39 is 5.41 Å². The number of H-pyrrole nitrogens is 1. The second-order valence-corrected chi connectivity index (χ2v) is 10.3. The molecule has 1 aliphatic heterocycles. The highest BCUT2D eigenvalue weighted by Gasteiger charge is 2.52. The number of fused-ring (bicyclic) bond motifs is 2. The number of aromatic amines is 1. The normalized spacial score (nSPS) is 24.9. The number of rotatable bonds is 5. The predicted molar refractivity (Wildman–Crippen MR) is 136 cm³/mol. The first-order valence-corrected chi connectivity index (χ1v) is 12.6. The smallest absolute Gasteiger partial charge is 0.255 e. The van der Waals surface area contributed by atoms with Gasteiger partial charge in [-0.05, 0) is 70.0 Å². The number of phenols is 1. The molecule has 3 atom stereocenters. The number of piperidine rings is 1. The fourth-order valence-electron chi connectivity index (χ4n) is 6.44. The molecule has 2 heterocycles. The summed E-state index contributed by atoms with van der Waals surface area (Å²) in [5.41, 5.74) is 3.45. The lowest BCUT2D eigenvalue weighted by atomic mass is 9.55. The molecule has 184 valence electrons. The quantitative estimate of drug-likeness (QED) is 0.521. The SMILES string of the molecule is Cc1ccc(C(=O)NCCc2nc3ccccc3[nH]2)c(O)c1C12CCN(C)C(C)C1CCC(=O)C2. The van der Waals surface area contributed by atoms with Gasteiger partial charge in [0.2, 0.25) is 0 Å². The number of phenolic OH excluding ortho intramolecular Hbond substituents is 1. The summed E-state index contributed by atoms with van der Waals surface area (Å²) in [6, 6.07) is 11.7. The maximum absolute atomic E-state index is 13.1. The molecule has 1 saturated carbocycles. The van der Waals surface area contributed by atoms with Crippen molar-refractivity contribution in [1.29, 1.82) is 0 Å². The summed E-state index contributed by atoms with van der Waals surface area (Å²) < 4.78 is 0. The number of nitrogens with zero attached hydrogens (tertiary/aromatic N) is 2. The van der Waals surface area contributed by atoms with Crippen LogP contribution in [0.25, 0.3) is 11.0 Å². The summed E-state index contributed by atoms with van der Waals surface area (Å²) in [5.74, 6) is 1.04. The van der Waals surface area contributed by atoms with Crippen LogP contribution >= 0.6 is 0 Å². The number of aromatic hydroxyl groups is 1. The number of benzene rings is 2. The Morgan fingerprint density at radius 2 is 2.09 bits per heavy atom. The van der Waals surface area contributed by atoms with Crippen LogP contribution in [-0.2, 0) is 16.6 Å². The highest BCUT2D eigenvalue weighted by molar-refractivity contribution is 5.97. The molecule has 5 rings (SSSR count). The first kappa shape index (κ1) is 23.5. The van der Waals surface area contributed by atoms with Crippen LogP contribution < -0.4 is 5.32 Å². The number of carbonyl (C=O) groups is 2. The Bertz CT molecular complexity index is 1250. The number of nitrogens with one attached hydrogen (secondary N) is 2. The first-order chi connectivity index (χ1) is 16.8. The van der Waals surface area contributed by atoms with Gasteiger partial charge in [-0.2, -0.15) is 0 Å². The van der Waals surface area contributed by atoms with E-state index in [0.29, 0.717) is 31.8 Å². The van der Waals surface area contributed by atoms with E-state index in [2.05, 4.69) is 34.2 Å². The van der Waals surface area contributed by atoms with Gasteiger partial charge in [-0.3, -0.25) is 9.59 Å². The van der Waals surface area contributed by atoms with Gasteiger partial charge in [-0.15, -0.1) is 0 Å². The van der Waals surface area contributed by atoms with Gasteiger partial charge in [-0.1, -0.05) is 18.2 Å². The number of imidazole rings is 1. The third-order valence-electron chi connectivity index (χ3n) is 8.36. The molecule has 1 aliphatic carbocycles. The van der Waals surface area contributed by atoms with E-state index in [1.165, 1.54) is 0 Å². The Kier molecular flexibility index (Phi) is 6.13. The van der Waals surface area contributed by atoms with Crippen molar-refractivity contribution in [3.8, 4) is 5.75 Å². The number of ketones is 1. The predicted octanol–water partition coefficient (Wildman–Crippen LogP) is 3.88. The van der Waals surface area contributed by atoms with Crippen LogP contribution in [0.15, 0.2) is 36.4 Å². The van der Waals surface area contributed by atoms with Crippen molar-refractivity contribution in [3.63, 3.8) is 0 Å². The molecule has 7 nitrogen and oxygen atoms in total. The van der Waals surface area contributed by atoms with Gasteiger partial charge in [0, 0.05) is 42.8 Å². The van der Waals surface area contributed by atoms with Crippen LogP contribution in [0.1, 0.15) is 59.9 Å². The Hall–Kier alpha value is -3.19. The third-order valence-corrected chi connectivity index (χ3v) is 8.36. The molecule has 0 bridgehead atoms. The minimum absolute atomic E-state index is 0.0303. The number of amides is 1. The summed E-state index contributed by atoms with van der Waals surface area (Å²) in [6.07, 6.45) is 3.20. The van der Waals surface area contributed by atoms with Crippen molar-refractivity contribution >= 4 is 22.7 Å². The van der Waals surface area contributed by atoms with Crippen LogP contribution in [0.2, 0.25) is 0 Å². The van der Waals surface area contributed by atoms with Gasteiger partial charge in [-0.25, -0.2) is 4.98 Å². The lowest BCUT2D eigenvalue weighted by molar-refractivity contribution is -0.126. The minimum Gasteiger partial charge on any atom is -0.507 e. The zero-order chi connectivity index (χ0) is 24.7. The number of para-hydroxylation sites is 2. The van der Waals surface area contributed by atoms with Crippen LogP contribution in [0.5, 0.6) is 5.75 Å². The van der Waals surface area contributed by atoms with E-state index in [-0.39, 0.29) is 28.9 Å². The molecule has 1 amide bonds. The van der Waals surface area contributed by atoms with Crippen LogP contribution in [-0.4, -0.2) is 57.8 Å². The van der Waals surface area contributed by atoms with Crippen molar-refractivity contribution in [2.24, 2.45) is 5.92 Å². The highest BCUT2D eigenvalue weighted by atomic mass is 16.3. The lowest BCUT2D eigenvalue weighted by Crippen LogP contribution is -2.56. The number of hydrogen-bond acceptors (Lipinski definition) is 5. The third kappa shape index (κ3) is 4.12. The summed E-state index contributed by atoms with van der Waals surface area (Å²) in [4.78, 5) is 36.0. The van der Waals surface area contributed by atoms with Gasteiger partial charge in [0.05, 0.1) is 16.6 Å². The van der Waals surface area contributed by atoms with E-state index in [4.69, 9.17) is 0 Å². The van der Waals surface area contributed by atoms with Crippen LogP contribution in [0.3, 0.4) is 0 Å². The number of likely N-dealkylation sites (tertiary alicyclic amines) is 1. The largest absolute Gasteiger partial charge is 0.507 e. The lowest BCUT2D eigenvalue weighted by Gasteiger charge is -2.54. The summed E-state index contributed by atoms with van der Waals surface area (Å²) in [5, 5.41) is 14.4. The molecule has 3 N–H and O–H groups in total. The molecule has 35 heavy (non-hydrogen) atoms. The van der Waals surface area contributed by atoms with E-state index in [9.17, 15) is 14.7 Å². The van der Waals surface area contributed by atoms with Gasteiger partial charge >= 0.3 is 0 Å². The summed E-state index contributed by atoms with van der Waals surface area (Å²) in [7, 11) is 2.13. The minimum atomic E-state index is -0.431. The topological polar surface area (TPSA) is 98.3 Å². The number of aryl methyl sites for hydroxylation is 1. The van der Waals surface area contributed by atoms with E-state index >= 15 is 0 Å². The van der Waals surface area contributed by atoms with E-state index in [1.807, 2.05) is 37.3 Å². The standard InChI is InChI=1S/C28H34N4O3/c1-17-8-10-20(27(35)29-14-12-24-30-22-6-4-5-7-23(22)31-24)26(34)25(17)28-13-15-32(3)18(2)21(28)11-9-19(33)16-28/h4-8,10,18,21,34H,9,11-16H2,1-3H3,(H,29,35)(H,30,31). The van der Waals surface area contributed by atoms with Crippen LogP contribution in [0, 0.1) is 12.8 Å². The maximum Gasteiger partial charge on any atom is 0.255 e. The van der Waals surface area contributed by atoms with Gasteiger partial charge < -0.3 is 20.3 Å². The molecule has 3 unspecified atom stereocenters. The molecule has 2 aromatic carbocycles. The first-order valence-electron chi connectivity index (χ1n) is 12.6. The number of carbonyl (C=O) groups excluding carboxylic acids is 2. The summed E-state index contributed by atoms with van der Waals surface area (Å²) >= 11 is 0. The average Bonchev–Trinajstić information content (AvgIpc) is 3.24. The molecular formula is C28H34N4O3. The second kappa shape index (κ2) is 9.11. The van der Waals surface area contributed by atoms with Gasteiger partial charge in [0.1, 0.15) is 17.4 Å². The van der Waals surface area contributed by atoms with Gasteiger partial charge in [0.25, 0.3) is 5.91 Å². The fraction of sp³-hybridized carbons (Fsp3) is 0.464. The van der Waals surface area contributed by atoms with Crippen molar-refractivity contribution in [2.45, 2.75) is 57.4 Å². The zero-order valence-electron chi connectivity index (χ0n) is 20.7. The number of Topliss-reactive ketones (excluding diaryl/α,β-unsaturated/α-hetero) is 1. The van der Waals surface area contributed by atoms with Crippen molar-refractivity contribution in [3.05, 3.63) is 58.9 Å². The highest BCUT2D eigenvalue weighted by Crippen LogP contribution is 2.53. The zero-order valence-corrected chi connectivity index (χ0v) is 20.7. The van der Waals surface area contributed by atoms with E-state index in [1.54, 1.807) is 6.07 Å². The Morgan fingerprint density at radius 3 is 2.89 bits per heavy atom. The molecule has 0 spiro atoms. The average molecular weight is 475 g/mol. The Morgan fingerprint density at radius 1 is 1.29 bits per heavy atom. The number of aromatic nitrogens is 2. The second-order valence-electron chi connectivity index (χ2n) is 10.3. The van der Waals surface area contributed by atoms with Crippen molar-refractivity contribution in [1.82, 2.24) is 20.2 Å². The molecule has 7 heteroatoms. The molecule has 0 radical (unpaired) electrons. The van der Waals surface area contributed by atoms with Crippen LogP contribution in [0.4, 0.5) is 0 Å². The van der Waals surface area contributed by atoms with E-state index in [0.717, 1.165) is 47.4 Å². The molecule has 1 aromatic heterocycles. The van der Waals surface area contributed by atoms with Gasteiger partial charge in [0.15, 0.2) is 0 Å². The van der Waals surface area contributed by atoms with Crippen molar-refractivity contribution < 1.29 is 14.7 Å². The number of hydrogen-bond donors (Lipinski definition) is 3. The molecule has 2 aliphatic rings. The maximum atomic E-state index is 13.1. The monoisotopic (exact) mass is 474 g/mol. The Balaban J connectivity index is 1.39. The Labute approximate surface area is 205 Å². The summed E-state index contributed by atoms with van der Waals surface area (Å²) in [6.45, 7) is 5.45. The molecule has 3 aromatic rings. The fourth-order valence-corrected chi connectivity index (χ4v) is 6.44. The molecular weight excluding hydrogens is 440 g/mol. The molecule has 2 fully saturated rings. The van der Waals surface area contributed by atoms with Crippen molar-refractivity contribution in [2.75, 3.05) is 20.1 Å².